The van der Waals surface area contributed by atoms with Gasteiger partial charge < -0.3 is 49.2 Å². The predicted molar refractivity (Wildman–Crippen MR) is 148 cm³/mol. The summed E-state index contributed by atoms with van der Waals surface area (Å²) in [4.78, 5) is 41.4. The number of hydroxylamine groups is 2. The van der Waals surface area contributed by atoms with Crippen LogP contribution in [0.2, 0.25) is 0 Å². The summed E-state index contributed by atoms with van der Waals surface area (Å²) in [5.74, 6) is -0.944. The fourth-order valence-electron chi connectivity index (χ4n) is 4.41. The predicted octanol–water partition coefficient (Wildman–Crippen LogP) is 0.548. The Hall–Kier alpha value is -1.71. The second-order valence-electron chi connectivity index (χ2n) is 10.3. The number of hydrogen-bond donors (Lipinski definition) is 4. The lowest BCUT2D eigenvalue weighted by Gasteiger charge is -2.30. The van der Waals surface area contributed by atoms with Crippen molar-refractivity contribution in [1.29, 1.82) is 0 Å². The minimum Gasteiger partial charge on any atom is -0.394 e. The molecule has 1 rings (SSSR count). The largest absolute Gasteiger partial charge is 0.394 e. The van der Waals surface area contributed by atoms with Crippen LogP contribution in [0.5, 0.6) is 0 Å². The fraction of sp³-hybridized carbons (Fsp3) is 0.893. The van der Waals surface area contributed by atoms with E-state index in [1.54, 1.807) is 0 Å². The number of carbonyl (C=O) groups is 3. The molecule has 0 aromatic heterocycles. The molecule has 4 N–H and O–H groups in total. The molecule has 41 heavy (non-hydrogen) atoms. The topological polar surface area (TPSA) is 176 Å². The molecule has 4 unspecified atom stereocenters. The maximum absolute atomic E-state index is 12.0. The van der Waals surface area contributed by atoms with Gasteiger partial charge in [0.25, 0.3) is 5.91 Å². The first-order chi connectivity index (χ1) is 19.7. The number of hydrogen-bond acceptors (Lipinski definition) is 12. The highest BCUT2D eigenvalue weighted by atomic mass is 16.7. The summed E-state index contributed by atoms with van der Waals surface area (Å²) in [5.41, 5.74) is 0. The van der Waals surface area contributed by atoms with E-state index in [4.69, 9.17) is 19.0 Å². The van der Waals surface area contributed by atoms with E-state index in [0.29, 0.717) is 32.3 Å². The van der Waals surface area contributed by atoms with Crippen molar-refractivity contribution in [3.63, 3.8) is 0 Å². The van der Waals surface area contributed by atoms with Gasteiger partial charge in [-0.3, -0.25) is 4.79 Å². The molecular formula is C28H52N2O11. The van der Waals surface area contributed by atoms with E-state index in [-0.39, 0.29) is 38.6 Å². The van der Waals surface area contributed by atoms with Crippen LogP contribution in [-0.4, -0.2) is 132 Å². The number of rotatable bonds is 23. The van der Waals surface area contributed by atoms with E-state index < -0.39 is 43.1 Å². The lowest BCUT2D eigenvalue weighted by molar-refractivity contribution is -0.228. The second-order valence-corrected chi connectivity index (χ2v) is 10.3. The molecule has 0 radical (unpaired) electrons. The van der Waals surface area contributed by atoms with E-state index in [0.717, 1.165) is 56.7 Å². The van der Waals surface area contributed by atoms with Crippen LogP contribution in [0.25, 0.3) is 0 Å². The van der Waals surface area contributed by atoms with Gasteiger partial charge in [-0.05, 0) is 58.0 Å². The molecule has 0 aromatic rings. The minimum absolute atomic E-state index is 0.00882. The van der Waals surface area contributed by atoms with Crippen molar-refractivity contribution in [2.24, 2.45) is 0 Å². The summed E-state index contributed by atoms with van der Waals surface area (Å²) < 4.78 is 17.1. The van der Waals surface area contributed by atoms with Gasteiger partial charge in [-0.15, -0.1) is 0 Å². The Balaban J connectivity index is 2.52. The molecule has 5 atom stereocenters. The maximum atomic E-state index is 12.0. The molecule has 0 aromatic carbocycles. The number of aldehydes is 1. The third-order valence-corrected chi connectivity index (χ3v) is 6.97. The molecule has 1 fully saturated rings. The number of unbranched alkanes of at least 4 members (excludes halogenated alkanes) is 2. The number of ether oxygens (including phenoxy) is 3. The summed E-state index contributed by atoms with van der Waals surface area (Å²) in [6.07, 6.45) is 3.22. The van der Waals surface area contributed by atoms with Gasteiger partial charge in [-0.2, -0.15) is 5.06 Å². The maximum Gasteiger partial charge on any atom is 0.332 e. The normalized spacial score (nSPS) is 19.5. The average molecular weight is 593 g/mol. The molecule has 0 saturated carbocycles. The Kier molecular flexibility index (Phi) is 20.8. The van der Waals surface area contributed by atoms with Crippen LogP contribution in [0.4, 0.5) is 0 Å². The summed E-state index contributed by atoms with van der Waals surface area (Å²) in [6, 6.07) is 0. The number of aliphatic hydroxyl groups excluding tert-OH is 4. The first-order valence-electron chi connectivity index (χ1n) is 14.8. The smallest absolute Gasteiger partial charge is 0.332 e. The van der Waals surface area contributed by atoms with E-state index in [1.165, 1.54) is 7.05 Å². The minimum atomic E-state index is -1.24. The number of aliphatic hydroxyl groups is 4. The van der Waals surface area contributed by atoms with Gasteiger partial charge in [-0.1, -0.05) is 13.3 Å². The first kappa shape index (κ1) is 37.3. The van der Waals surface area contributed by atoms with E-state index >= 15 is 0 Å². The zero-order chi connectivity index (χ0) is 30.5. The molecule has 13 nitrogen and oxygen atoms in total. The van der Waals surface area contributed by atoms with Gasteiger partial charge in [0.2, 0.25) is 0 Å². The van der Waals surface area contributed by atoms with Crippen LogP contribution in [0.15, 0.2) is 0 Å². The summed E-state index contributed by atoms with van der Waals surface area (Å²) >= 11 is 0. The molecular weight excluding hydrogens is 540 g/mol. The number of nitrogens with zero attached hydrogens (tertiary/aromatic N) is 2. The Morgan fingerprint density at radius 1 is 1.07 bits per heavy atom. The third-order valence-electron chi connectivity index (χ3n) is 6.97. The zero-order valence-corrected chi connectivity index (χ0v) is 24.7. The highest BCUT2D eigenvalue weighted by Crippen LogP contribution is 2.18. The quantitative estimate of drug-likeness (QED) is 0.0562. The number of carbonyl (C=O) groups excluding carboxylic acids is 3. The summed E-state index contributed by atoms with van der Waals surface area (Å²) in [6.45, 7) is 3.94. The van der Waals surface area contributed by atoms with E-state index in [1.807, 2.05) is 6.92 Å². The first-order valence-corrected chi connectivity index (χ1v) is 14.8. The summed E-state index contributed by atoms with van der Waals surface area (Å²) in [5, 5.41) is 39.9. The standard InChI is InChI=1S/C28H52N2O11/c1-3-22(20-32)40-28(24(35)21-33)39-19-16-30(15-7-11-25-23(34)10-9-18-38-25)14-6-4-5-13-27(37)41-29(2)26(36)12-8-17-31/h17,22-25,28,32-35H,3-16,18-21H2,1-2H3/t22?,23?,24?,25?,28-/m1/s1. The highest BCUT2D eigenvalue weighted by molar-refractivity contribution is 5.79. The molecule has 0 spiro atoms. The van der Waals surface area contributed by atoms with Crippen LogP contribution in [0.1, 0.15) is 77.6 Å². The molecule has 1 amide bonds. The van der Waals surface area contributed by atoms with E-state index in [2.05, 4.69) is 4.90 Å². The van der Waals surface area contributed by atoms with Crippen molar-refractivity contribution in [3.8, 4) is 0 Å². The Bertz CT molecular complexity index is 711. The Morgan fingerprint density at radius 2 is 1.83 bits per heavy atom. The SMILES string of the molecule is CCC(CO)O[C@@H](OCCN(CCCCCC(=O)ON(C)C(=O)CCC=O)CCCC1OCCCC1O)C(O)CO. The van der Waals surface area contributed by atoms with Crippen molar-refractivity contribution in [3.05, 3.63) is 0 Å². The van der Waals surface area contributed by atoms with Crippen molar-refractivity contribution in [2.45, 2.75) is 108 Å². The molecule has 1 saturated heterocycles. The third kappa shape index (κ3) is 16.5. The van der Waals surface area contributed by atoms with Gasteiger partial charge in [0.05, 0.1) is 38.1 Å². The molecule has 0 aliphatic carbocycles. The lowest BCUT2D eigenvalue weighted by atomic mass is 10.0. The lowest BCUT2D eigenvalue weighted by Crippen LogP contribution is -2.40. The fourth-order valence-corrected chi connectivity index (χ4v) is 4.41. The van der Waals surface area contributed by atoms with Gasteiger partial charge in [0.15, 0.2) is 6.29 Å². The Morgan fingerprint density at radius 3 is 2.49 bits per heavy atom. The molecule has 1 aliphatic rings. The Labute approximate surface area is 243 Å². The van der Waals surface area contributed by atoms with Crippen LogP contribution in [0, 0.1) is 0 Å². The highest BCUT2D eigenvalue weighted by Gasteiger charge is 2.25. The van der Waals surface area contributed by atoms with Crippen molar-refractivity contribution in [1.82, 2.24) is 9.96 Å². The molecule has 1 aliphatic heterocycles. The number of amides is 1. The van der Waals surface area contributed by atoms with Gasteiger partial charge >= 0.3 is 5.97 Å². The van der Waals surface area contributed by atoms with Crippen LogP contribution in [0.3, 0.4) is 0 Å². The van der Waals surface area contributed by atoms with Gasteiger partial charge in [0, 0.05) is 39.5 Å². The van der Waals surface area contributed by atoms with Gasteiger partial charge in [-0.25, -0.2) is 4.79 Å². The van der Waals surface area contributed by atoms with Crippen molar-refractivity contribution < 1.29 is 53.9 Å². The van der Waals surface area contributed by atoms with Gasteiger partial charge in [0.1, 0.15) is 12.4 Å². The molecule has 13 heteroatoms. The summed E-state index contributed by atoms with van der Waals surface area (Å²) in [7, 11) is 1.35. The van der Waals surface area contributed by atoms with E-state index in [9.17, 15) is 34.8 Å². The van der Waals surface area contributed by atoms with Crippen LogP contribution >= 0.6 is 0 Å². The van der Waals surface area contributed by atoms with Crippen molar-refractivity contribution in [2.75, 3.05) is 53.1 Å². The zero-order valence-electron chi connectivity index (χ0n) is 24.7. The molecule has 1 heterocycles. The second kappa shape index (κ2) is 22.8. The average Bonchev–Trinajstić information content (AvgIpc) is 2.97. The van der Waals surface area contributed by atoms with Crippen LogP contribution < -0.4 is 0 Å². The molecule has 240 valence electrons. The monoisotopic (exact) mass is 592 g/mol. The van der Waals surface area contributed by atoms with Crippen LogP contribution in [-0.2, 0) is 33.4 Å². The molecule has 0 bridgehead atoms. The van der Waals surface area contributed by atoms with Crippen molar-refractivity contribution >= 4 is 18.2 Å².